The monoisotopic (exact) mass is 242 g/mol. The van der Waals surface area contributed by atoms with Gasteiger partial charge in [0.1, 0.15) is 0 Å². The van der Waals surface area contributed by atoms with Gasteiger partial charge >= 0.3 is 0 Å². The van der Waals surface area contributed by atoms with Crippen LogP contribution in [0, 0.1) is 0 Å². The van der Waals surface area contributed by atoms with Gasteiger partial charge in [-0.15, -0.1) is 0 Å². The number of rotatable bonds is 3. The van der Waals surface area contributed by atoms with Crippen LogP contribution in [0.2, 0.25) is 18.1 Å². The standard InChI is InChI=1S/C13H26O2Si/c1-13(2,3)16(4,5)15-10-11-8-6-7-9-12(11)14/h8,12,14H,6-7,9-10H2,1-5H3/t12-/m0/s1. The summed E-state index contributed by atoms with van der Waals surface area (Å²) in [5.41, 5.74) is 1.09. The Bertz CT molecular complexity index is 264. The first kappa shape index (κ1) is 13.9. The van der Waals surface area contributed by atoms with Crippen molar-refractivity contribution < 1.29 is 9.53 Å². The number of aliphatic hydroxyl groups excluding tert-OH is 1. The first-order valence-corrected chi connectivity index (χ1v) is 9.16. The van der Waals surface area contributed by atoms with Crippen LogP contribution in [0.25, 0.3) is 0 Å². The molecule has 3 heteroatoms. The fourth-order valence-electron chi connectivity index (χ4n) is 1.56. The third kappa shape index (κ3) is 3.44. The van der Waals surface area contributed by atoms with E-state index < -0.39 is 8.32 Å². The topological polar surface area (TPSA) is 29.5 Å². The van der Waals surface area contributed by atoms with Crippen LogP contribution in [-0.2, 0) is 4.43 Å². The summed E-state index contributed by atoms with van der Waals surface area (Å²) in [6, 6.07) is 0. The molecule has 0 fully saturated rings. The third-order valence-electron chi connectivity index (χ3n) is 3.92. The van der Waals surface area contributed by atoms with Gasteiger partial charge in [0.2, 0.25) is 0 Å². The molecule has 0 amide bonds. The van der Waals surface area contributed by atoms with Crippen LogP contribution in [0.15, 0.2) is 11.6 Å². The summed E-state index contributed by atoms with van der Waals surface area (Å²) in [6.45, 7) is 11.9. The molecule has 2 nitrogen and oxygen atoms in total. The average Bonchev–Trinajstić information content (AvgIpc) is 2.15. The van der Waals surface area contributed by atoms with Crippen molar-refractivity contribution in [2.75, 3.05) is 6.61 Å². The van der Waals surface area contributed by atoms with Crippen molar-refractivity contribution in [3.63, 3.8) is 0 Å². The van der Waals surface area contributed by atoms with Gasteiger partial charge in [-0.2, -0.15) is 0 Å². The number of allylic oxidation sites excluding steroid dienone is 1. The zero-order chi connectivity index (χ0) is 12.4. The lowest BCUT2D eigenvalue weighted by molar-refractivity contribution is 0.170. The lowest BCUT2D eigenvalue weighted by atomic mass is 9.97. The molecule has 0 saturated heterocycles. The fraction of sp³-hybridized carbons (Fsp3) is 0.846. The second kappa shape index (κ2) is 5.03. The van der Waals surface area contributed by atoms with Crippen molar-refractivity contribution in [1.29, 1.82) is 0 Å². The van der Waals surface area contributed by atoms with Crippen molar-refractivity contribution in [2.24, 2.45) is 0 Å². The van der Waals surface area contributed by atoms with E-state index in [1.165, 1.54) is 0 Å². The van der Waals surface area contributed by atoms with E-state index in [0.717, 1.165) is 24.8 Å². The smallest absolute Gasteiger partial charge is 0.192 e. The van der Waals surface area contributed by atoms with E-state index >= 15 is 0 Å². The molecular weight excluding hydrogens is 216 g/mol. The van der Waals surface area contributed by atoms with Crippen molar-refractivity contribution in [3.8, 4) is 0 Å². The molecule has 0 radical (unpaired) electrons. The predicted molar refractivity (Wildman–Crippen MR) is 71.1 cm³/mol. The van der Waals surface area contributed by atoms with E-state index in [4.69, 9.17) is 4.43 Å². The highest BCUT2D eigenvalue weighted by Gasteiger charge is 2.37. The van der Waals surface area contributed by atoms with Crippen molar-refractivity contribution in [2.45, 2.75) is 64.3 Å². The largest absolute Gasteiger partial charge is 0.413 e. The molecule has 1 aliphatic rings. The minimum atomic E-state index is -1.67. The summed E-state index contributed by atoms with van der Waals surface area (Å²) >= 11 is 0. The second-order valence-electron chi connectivity index (χ2n) is 6.27. The number of aliphatic hydroxyl groups is 1. The van der Waals surface area contributed by atoms with E-state index in [2.05, 4.69) is 39.9 Å². The molecule has 0 heterocycles. The Labute approximate surface area is 101 Å². The molecule has 0 spiro atoms. The molecule has 0 aromatic heterocycles. The Hall–Kier alpha value is -0.123. The molecule has 0 aliphatic heterocycles. The minimum absolute atomic E-state index is 0.243. The van der Waals surface area contributed by atoms with Crippen LogP contribution < -0.4 is 0 Å². The molecule has 0 aromatic carbocycles. The van der Waals surface area contributed by atoms with Crippen molar-refractivity contribution in [1.82, 2.24) is 0 Å². The molecule has 0 saturated carbocycles. The maximum absolute atomic E-state index is 9.84. The van der Waals surface area contributed by atoms with Crippen LogP contribution in [0.1, 0.15) is 40.0 Å². The zero-order valence-electron chi connectivity index (χ0n) is 11.3. The Morgan fingerprint density at radius 1 is 1.44 bits per heavy atom. The summed E-state index contributed by atoms with van der Waals surface area (Å²) < 4.78 is 6.11. The van der Waals surface area contributed by atoms with E-state index in [-0.39, 0.29) is 11.1 Å². The van der Waals surface area contributed by atoms with Crippen LogP contribution in [0.5, 0.6) is 0 Å². The summed E-state index contributed by atoms with van der Waals surface area (Å²) in [5, 5.41) is 10.1. The zero-order valence-corrected chi connectivity index (χ0v) is 12.3. The Morgan fingerprint density at radius 2 is 2.06 bits per heavy atom. The Balaban J connectivity index is 2.54. The number of hydrogen-bond donors (Lipinski definition) is 1. The highest BCUT2D eigenvalue weighted by atomic mass is 28.4. The van der Waals surface area contributed by atoms with Crippen molar-refractivity contribution >= 4 is 8.32 Å². The van der Waals surface area contributed by atoms with Crippen LogP contribution >= 0.6 is 0 Å². The lowest BCUT2D eigenvalue weighted by Crippen LogP contribution is -2.41. The van der Waals surface area contributed by atoms with Gasteiger partial charge in [-0.3, -0.25) is 0 Å². The molecule has 0 unspecified atom stereocenters. The van der Waals surface area contributed by atoms with E-state index in [0.29, 0.717) is 6.61 Å². The lowest BCUT2D eigenvalue weighted by Gasteiger charge is -2.37. The Kier molecular flexibility index (Phi) is 4.38. The normalized spacial score (nSPS) is 23.1. The van der Waals surface area contributed by atoms with Gasteiger partial charge in [0.25, 0.3) is 0 Å². The molecule has 1 aliphatic carbocycles. The molecule has 0 aromatic rings. The summed E-state index contributed by atoms with van der Waals surface area (Å²) in [7, 11) is -1.67. The van der Waals surface area contributed by atoms with Crippen LogP contribution in [0.4, 0.5) is 0 Å². The molecule has 1 N–H and O–H groups in total. The molecule has 94 valence electrons. The van der Waals surface area contributed by atoms with Crippen LogP contribution in [-0.4, -0.2) is 26.1 Å². The predicted octanol–water partition coefficient (Wildman–Crippen LogP) is 3.48. The quantitative estimate of drug-likeness (QED) is 0.606. The molecular formula is C13H26O2Si. The highest BCUT2D eigenvalue weighted by Crippen LogP contribution is 2.37. The third-order valence-corrected chi connectivity index (χ3v) is 8.40. The van der Waals surface area contributed by atoms with Gasteiger partial charge < -0.3 is 9.53 Å². The highest BCUT2D eigenvalue weighted by molar-refractivity contribution is 6.74. The molecule has 0 bridgehead atoms. The Morgan fingerprint density at radius 3 is 2.56 bits per heavy atom. The van der Waals surface area contributed by atoms with Gasteiger partial charge in [0.05, 0.1) is 12.7 Å². The van der Waals surface area contributed by atoms with Gasteiger partial charge in [-0.25, -0.2) is 0 Å². The van der Waals surface area contributed by atoms with Gasteiger partial charge in [-0.1, -0.05) is 26.8 Å². The van der Waals surface area contributed by atoms with Crippen molar-refractivity contribution in [3.05, 3.63) is 11.6 Å². The summed E-state index contributed by atoms with van der Waals surface area (Å²) in [5.74, 6) is 0. The average molecular weight is 242 g/mol. The first-order chi connectivity index (χ1) is 7.24. The van der Waals surface area contributed by atoms with E-state index in [1.807, 2.05) is 0 Å². The first-order valence-electron chi connectivity index (χ1n) is 6.25. The summed E-state index contributed by atoms with van der Waals surface area (Å²) in [4.78, 5) is 0. The second-order valence-corrected chi connectivity index (χ2v) is 11.1. The van der Waals surface area contributed by atoms with Gasteiger partial charge in [0.15, 0.2) is 8.32 Å². The van der Waals surface area contributed by atoms with E-state index in [1.54, 1.807) is 0 Å². The molecule has 1 rings (SSSR count). The van der Waals surface area contributed by atoms with Gasteiger partial charge in [-0.05, 0) is 43.0 Å². The molecule has 1 atom stereocenters. The summed E-state index contributed by atoms with van der Waals surface area (Å²) in [6.07, 6.45) is 4.98. The number of hydrogen-bond acceptors (Lipinski definition) is 2. The maximum Gasteiger partial charge on any atom is 0.192 e. The maximum atomic E-state index is 9.84. The molecule has 16 heavy (non-hydrogen) atoms. The van der Waals surface area contributed by atoms with E-state index in [9.17, 15) is 5.11 Å². The SMILES string of the molecule is CC(C)(C)[Si](C)(C)OCC1=CCCC[C@@H]1O. The van der Waals surface area contributed by atoms with Gasteiger partial charge in [0, 0.05) is 0 Å². The minimum Gasteiger partial charge on any atom is -0.413 e. The fourth-order valence-corrected chi connectivity index (χ4v) is 2.52. The van der Waals surface area contributed by atoms with Crippen LogP contribution in [0.3, 0.4) is 0 Å².